The molecule has 1 radical (unpaired) electrons. The van der Waals surface area contributed by atoms with Crippen LogP contribution in [0.5, 0.6) is 0 Å². The van der Waals surface area contributed by atoms with Gasteiger partial charge in [-0.25, -0.2) is 22.2 Å². The number of aromatic nitrogens is 3. The highest BCUT2D eigenvalue weighted by Gasteiger charge is 2.31. The number of nitrogens with zero attached hydrogens (tertiary/aromatic N) is 3. The molecule has 1 aliphatic rings. The second kappa shape index (κ2) is 9.32. The summed E-state index contributed by atoms with van der Waals surface area (Å²) in [6, 6.07) is 11.5. The van der Waals surface area contributed by atoms with Gasteiger partial charge in [0, 0.05) is 19.2 Å². The molecule has 0 spiro atoms. The van der Waals surface area contributed by atoms with Gasteiger partial charge in [-0.1, -0.05) is 24.4 Å². The smallest absolute Gasteiger partial charge is 0.337 e. The fourth-order valence-corrected chi connectivity index (χ4v) is 4.98. The number of rotatable bonds is 7. The van der Waals surface area contributed by atoms with Crippen LogP contribution in [0.15, 0.2) is 62.9 Å². The average molecular weight is 536 g/mol. The van der Waals surface area contributed by atoms with E-state index in [-0.39, 0.29) is 39.8 Å². The topological polar surface area (TPSA) is 124 Å². The molecule has 1 saturated carbocycles. The van der Waals surface area contributed by atoms with E-state index in [0.29, 0.717) is 18.3 Å². The van der Waals surface area contributed by atoms with Crippen molar-refractivity contribution in [1.29, 1.82) is 0 Å². The van der Waals surface area contributed by atoms with Crippen LogP contribution >= 0.6 is 0 Å². The molecule has 2 aromatic heterocycles. The normalized spacial score (nSPS) is 13.5. The maximum atomic E-state index is 14.8. The standard InChI is InChI=1S/C25H24BFN5O5S/c1-26-14-7-10-19(18(27)11-14)28-20-13-21(33)30(2)23-22(20)24(34)32(16-8-9-16)25(35)31(23)17-6-4-5-15(12-17)29-38(3,36)37/h4-7,10-13,16,28-29H,8-9H2,1-3H3. The van der Waals surface area contributed by atoms with Gasteiger partial charge in [0.05, 0.1) is 29.0 Å². The first kappa shape index (κ1) is 25.5. The first-order valence-electron chi connectivity index (χ1n) is 11.8. The van der Waals surface area contributed by atoms with E-state index in [9.17, 15) is 27.2 Å². The second-order valence-corrected chi connectivity index (χ2v) is 11.0. The SMILES string of the molecule is C[B]c1ccc(Nc2cc(=O)n(C)c3c2c(=O)n(C2CC2)c(=O)n3-c2cccc(NS(C)(=O)=O)c2)c(F)c1. The van der Waals surface area contributed by atoms with Crippen molar-refractivity contribution in [2.75, 3.05) is 16.3 Å². The molecular weight excluding hydrogens is 512 g/mol. The van der Waals surface area contributed by atoms with Crippen molar-refractivity contribution in [3.8, 4) is 5.69 Å². The number of nitrogens with one attached hydrogen (secondary N) is 2. The van der Waals surface area contributed by atoms with Gasteiger partial charge in [-0.3, -0.25) is 23.4 Å². The van der Waals surface area contributed by atoms with Gasteiger partial charge in [0.1, 0.15) is 24.1 Å². The number of fused-ring (bicyclic) bond motifs is 1. The summed E-state index contributed by atoms with van der Waals surface area (Å²) >= 11 is 0. The number of pyridine rings is 1. The van der Waals surface area contributed by atoms with Crippen LogP contribution in [0.4, 0.5) is 21.5 Å². The highest BCUT2D eigenvalue weighted by atomic mass is 32.2. The molecule has 38 heavy (non-hydrogen) atoms. The van der Waals surface area contributed by atoms with Crippen LogP contribution in [0.3, 0.4) is 0 Å². The molecule has 0 bridgehead atoms. The van der Waals surface area contributed by atoms with Gasteiger partial charge in [0.25, 0.3) is 11.1 Å². The quantitative estimate of drug-likeness (QED) is 0.348. The second-order valence-electron chi connectivity index (χ2n) is 9.26. The Morgan fingerprint density at radius 2 is 1.76 bits per heavy atom. The largest absolute Gasteiger partial charge is 0.352 e. The van der Waals surface area contributed by atoms with Crippen molar-refractivity contribution in [3.63, 3.8) is 0 Å². The van der Waals surface area contributed by atoms with Gasteiger partial charge >= 0.3 is 5.69 Å². The zero-order valence-corrected chi connectivity index (χ0v) is 21.7. The number of benzene rings is 2. The Morgan fingerprint density at radius 3 is 2.39 bits per heavy atom. The molecule has 10 nitrogen and oxygen atoms in total. The molecule has 2 N–H and O–H groups in total. The van der Waals surface area contributed by atoms with Crippen molar-refractivity contribution in [3.05, 3.63) is 85.5 Å². The van der Waals surface area contributed by atoms with Crippen LogP contribution in [0.25, 0.3) is 16.7 Å². The fourth-order valence-electron chi connectivity index (χ4n) is 4.43. The molecule has 2 aromatic carbocycles. The first-order chi connectivity index (χ1) is 18.0. The fraction of sp³-hybridized carbons (Fsp3) is 0.240. The van der Waals surface area contributed by atoms with Crippen molar-refractivity contribution in [2.24, 2.45) is 7.05 Å². The van der Waals surface area contributed by atoms with Gasteiger partial charge in [-0.15, -0.1) is 0 Å². The number of sulfonamides is 1. The van der Waals surface area contributed by atoms with Gasteiger partial charge < -0.3 is 5.32 Å². The number of hydrogen-bond donors (Lipinski definition) is 2. The summed E-state index contributed by atoms with van der Waals surface area (Å²) in [5.74, 6) is -0.579. The Labute approximate surface area is 217 Å². The van der Waals surface area contributed by atoms with Crippen molar-refractivity contribution in [2.45, 2.75) is 25.7 Å². The van der Waals surface area contributed by atoms with E-state index >= 15 is 0 Å². The van der Waals surface area contributed by atoms with Crippen LogP contribution in [0.1, 0.15) is 18.9 Å². The van der Waals surface area contributed by atoms with Gasteiger partial charge in [0.2, 0.25) is 10.0 Å². The molecular formula is C25H24BFN5O5S. The summed E-state index contributed by atoms with van der Waals surface area (Å²) in [5.41, 5.74) is -0.618. The van der Waals surface area contributed by atoms with E-state index in [1.165, 1.54) is 46.5 Å². The zero-order valence-electron chi connectivity index (χ0n) is 20.9. The number of aryl methyl sites for hydroxylation is 1. The van der Waals surface area contributed by atoms with Crippen LogP contribution < -0.4 is 32.3 Å². The number of hydrogen-bond acceptors (Lipinski definition) is 6. The van der Waals surface area contributed by atoms with Crippen LogP contribution in [-0.2, 0) is 17.1 Å². The average Bonchev–Trinajstić information content (AvgIpc) is 3.67. The van der Waals surface area contributed by atoms with Crippen molar-refractivity contribution >= 4 is 50.9 Å². The molecule has 0 atom stereocenters. The molecule has 13 heteroatoms. The lowest BCUT2D eigenvalue weighted by Crippen LogP contribution is -2.41. The molecule has 1 aliphatic carbocycles. The summed E-state index contributed by atoms with van der Waals surface area (Å²) < 4.78 is 44.3. The van der Waals surface area contributed by atoms with E-state index in [4.69, 9.17) is 0 Å². The Bertz CT molecular complexity index is 1890. The molecule has 2 heterocycles. The summed E-state index contributed by atoms with van der Waals surface area (Å²) in [4.78, 5) is 40.5. The van der Waals surface area contributed by atoms with Gasteiger partial charge in [-0.2, -0.15) is 0 Å². The lowest BCUT2D eigenvalue weighted by molar-refractivity contribution is 0.607. The molecule has 4 aromatic rings. The van der Waals surface area contributed by atoms with E-state index < -0.39 is 32.6 Å². The predicted octanol–water partition coefficient (Wildman–Crippen LogP) is 1.82. The third-order valence-electron chi connectivity index (χ3n) is 6.37. The van der Waals surface area contributed by atoms with Gasteiger partial charge in [-0.05, 0) is 43.2 Å². The molecule has 1 fully saturated rings. The minimum Gasteiger partial charge on any atom is -0.352 e. The maximum Gasteiger partial charge on any atom is 0.337 e. The molecule has 0 unspecified atom stereocenters. The third-order valence-corrected chi connectivity index (χ3v) is 6.97. The van der Waals surface area contributed by atoms with Crippen molar-refractivity contribution < 1.29 is 12.8 Å². The van der Waals surface area contributed by atoms with Crippen LogP contribution in [-0.4, -0.2) is 35.7 Å². The highest BCUT2D eigenvalue weighted by molar-refractivity contribution is 7.92. The van der Waals surface area contributed by atoms with Crippen molar-refractivity contribution in [1.82, 2.24) is 13.7 Å². The van der Waals surface area contributed by atoms with Crippen LogP contribution in [0.2, 0.25) is 6.82 Å². The lowest BCUT2D eigenvalue weighted by atomic mass is 9.73. The lowest BCUT2D eigenvalue weighted by Gasteiger charge is -2.19. The highest BCUT2D eigenvalue weighted by Crippen LogP contribution is 2.33. The Morgan fingerprint density at radius 1 is 1.03 bits per heavy atom. The maximum absolute atomic E-state index is 14.8. The van der Waals surface area contributed by atoms with E-state index in [2.05, 4.69) is 10.0 Å². The Balaban J connectivity index is 1.84. The molecule has 195 valence electrons. The third kappa shape index (κ3) is 4.65. The Hall–Kier alpha value is -4.13. The summed E-state index contributed by atoms with van der Waals surface area (Å²) in [6.45, 7) is 1.77. The summed E-state index contributed by atoms with van der Waals surface area (Å²) in [7, 11) is -0.445. The summed E-state index contributed by atoms with van der Waals surface area (Å²) in [5, 5.41) is 2.90. The number of anilines is 3. The minimum atomic E-state index is -3.61. The zero-order chi connectivity index (χ0) is 27.4. The van der Waals surface area contributed by atoms with Gasteiger partial charge in [0.15, 0.2) is 0 Å². The summed E-state index contributed by atoms with van der Waals surface area (Å²) in [6.07, 6.45) is 2.27. The molecule has 0 saturated heterocycles. The molecule has 0 amide bonds. The Kier molecular flexibility index (Phi) is 6.26. The van der Waals surface area contributed by atoms with E-state index in [1.54, 1.807) is 32.3 Å². The van der Waals surface area contributed by atoms with Crippen LogP contribution in [0, 0.1) is 5.82 Å². The molecule has 0 aliphatic heterocycles. The first-order valence-corrected chi connectivity index (χ1v) is 13.7. The molecule has 5 rings (SSSR count). The monoisotopic (exact) mass is 536 g/mol. The van der Waals surface area contributed by atoms with E-state index in [0.717, 1.165) is 10.8 Å². The number of halogens is 1. The minimum absolute atomic E-state index is 0.0117. The predicted molar refractivity (Wildman–Crippen MR) is 147 cm³/mol. The van der Waals surface area contributed by atoms with E-state index in [1.807, 2.05) is 0 Å².